The molecule has 4 nitrogen and oxygen atoms in total. The molecule has 0 saturated heterocycles. The van der Waals surface area contributed by atoms with E-state index in [0.717, 1.165) is 15.2 Å². The number of nitrogens with one attached hydrogen (secondary N) is 1. The van der Waals surface area contributed by atoms with E-state index in [0.29, 0.717) is 11.3 Å². The molecule has 1 N–H and O–H groups in total. The van der Waals surface area contributed by atoms with Gasteiger partial charge in [-0.3, -0.25) is 10.1 Å². The Balaban J connectivity index is 2.33. The van der Waals surface area contributed by atoms with E-state index in [1.54, 1.807) is 12.1 Å². The molecule has 0 spiro atoms. The fourth-order valence-electron chi connectivity index (χ4n) is 2.02. The van der Waals surface area contributed by atoms with Gasteiger partial charge in [0.2, 0.25) is 0 Å². The third-order valence-electron chi connectivity index (χ3n) is 3.00. The van der Waals surface area contributed by atoms with E-state index < -0.39 is 11.7 Å². The van der Waals surface area contributed by atoms with Gasteiger partial charge in [0.15, 0.2) is 5.78 Å². The molecular formula is C17H18BrNO3. The van der Waals surface area contributed by atoms with Gasteiger partial charge in [0.05, 0.1) is 5.69 Å². The molecule has 116 valence electrons. The Morgan fingerprint density at radius 2 is 1.82 bits per heavy atom. The lowest BCUT2D eigenvalue weighted by Crippen LogP contribution is -2.27. The van der Waals surface area contributed by atoms with E-state index in [1.165, 1.54) is 6.92 Å². The van der Waals surface area contributed by atoms with Crippen LogP contribution < -0.4 is 5.32 Å². The van der Waals surface area contributed by atoms with Crippen LogP contribution in [-0.2, 0) is 4.74 Å². The molecule has 0 bridgehead atoms. The standard InChI is InChI=1S/C17H18BrNO3/c1-10(20)11-5-7-13-12(9-11)6-8-14(15(13)18)19-16(21)22-17(2,3)4/h5-9H,1-4H3,(H,19,21). The lowest BCUT2D eigenvalue weighted by Gasteiger charge is -2.20. The Kier molecular flexibility index (Phi) is 4.56. The number of hydrogen-bond acceptors (Lipinski definition) is 3. The summed E-state index contributed by atoms with van der Waals surface area (Å²) in [7, 11) is 0. The zero-order chi connectivity index (χ0) is 16.5. The molecule has 2 rings (SSSR count). The van der Waals surface area contributed by atoms with Crippen LogP contribution in [0.25, 0.3) is 10.8 Å². The van der Waals surface area contributed by atoms with E-state index >= 15 is 0 Å². The summed E-state index contributed by atoms with van der Waals surface area (Å²) in [5, 5.41) is 4.56. The zero-order valence-corrected chi connectivity index (χ0v) is 14.6. The summed E-state index contributed by atoms with van der Waals surface area (Å²) in [6.45, 7) is 6.97. The van der Waals surface area contributed by atoms with Crippen molar-refractivity contribution in [3.8, 4) is 0 Å². The molecule has 1 amide bonds. The maximum absolute atomic E-state index is 11.9. The number of hydrogen-bond donors (Lipinski definition) is 1. The fourth-order valence-corrected chi connectivity index (χ4v) is 2.61. The van der Waals surface area contributed by atoms with Gasteiger partial charge in [-0.15, -0.1) is 0 Å². The summed E-state index contributed by atoms with van der Waals surface area (Å²) in [5.74, 6) is 0.0222. The molecule has 0 atom stereocenters. The Hall–Kier alpha value is -1.88. The predicted molar refractivity (Wildman–Crippen MR) is 91.5 cm³/mol. The van der Waals surface area contributed by atoms with Gasteiger partial charge < -0.3 is 4.74 Å². The maximum Gasteiger partial charge on any atom is 0.412 e. The van der Waals surface area contributed by atoms with Gasteiger partial charge in [0.25, 0.3) is 0 Å². The number of anilines is 1. The number of ether oxygens (including phenoxy) is 1. The van der Waals surface area contributed by atoms with Crippen LogP contribution in [0.4, 0.5) is 10.5 Å². The molecule has 0 aliphatic carbocycles. The number of amides is 1. The highest BCUT2D eigenvalue weighted by Gasteiger charge is 2.17. The number of carbonyl (C=O) groups excluding carboxylic acids is 2. The monoisotopic (exact) mass is 363 g/mol. The SMILES string of the molecule is CC(=O)c1ccc2c(Br)c(NC(=O)OC(C)(C)C)ccc2c1. The molecule has 0 saturated carbocycles. The minimum Gasteiger partial charge on any atom is -0.444 e. The number of carbonyl (C=O) groups is 2. The van der Waals surface area contributed by atoms with E-state index in [2.05, 4.69) is 21.2 Å². The minimum atomic E-state index is -0.552. The zero-order valence-electron chi connectivity index (χ0n) is 13.0. The van der Waals surface area contributed by atoms with Crippen molar-refractivity contribution in [1.29, 1.82) is 0 Å². The summed E-state index contributed by atoms with van der Waals surface area (Å²) in [4.78, 5) is 23.3. The van der Waals surface area contributed by atoms with E-state index in [4.69, 9.17) is 4.74 Å². The molecule has 0 radical (unpaired) electrons. The lowest BCUT2D eigenvalue weighted by atomic mass is 10.0. The molecule has 0 unspecified atom stereocenters. The molecular weight excluding hydrogens is 346 g/mol. The van der Waals surface area contributed by atoms with Crippen LogP contribution in [0.3, 0.4) is 0 Å². The average molecular weight is 364 g/mol. The van der Waals surface area contributed by atoms with Crippen molar-refractivity contribution in [1.82, 2.24) is 0 Å². The smallest absolute Gasteiger partial charge is 0.412 e. The highest BCUT2D eigenvalue weighted by Crippen LogP contribution is 2.32. The molecule has 0 aliphatic heterocycles. The largest absolute Gasteiger partial charge is 0.444 e. The molecule has 5 heteroatoms. The van der Waals surface area contributed by atoms with Gasteiger partial charge in [-0.1, -0.05) is 18.2 Å². The van der Waals surface area contributed by atoms with Crippen molar-refractivity contribution in [2.45, 2.75) is 33.3 Å². The number of ketones is 1. The number of Topliss-reactive ketones (excluding diaryl/α,β-unsaturated/α-hetero) is 1. The van der Waals surface area contributed by atoms with Gasteiger partial charge in [-0.2, -0.15) is 0 Å². The van der Waals surface area contributed by atoms with Crippen LogP contribution in [0.15, 0.2) is 34.8 Å². The average Bonchev–Trinajstić information content (AvgIpc) is 2.39. The maximum atomic E-state index is 11.9. The first-order chi connectivity index (χ1) is 10.2. The summed E-state index contributed by atoms with van der Waals surface area (Å²) in [6.07, 6.45) is -0.507. The second-order valence-corrected chi connectivity index (χ2v) is 6.84. The van der Waals surface area contributed by atoms with Crippen molar-refractivity contribution in [3.63, 3.8) is 0 Å². The molecule has 0 fully saturated rings. The first-order valence-electron chi connectivity index (χ1n) is 6.90. The number of halogens is 1. The molecule has 0 heterocycles. The topological polar surface area (TPSA) is 55.4 Å². The highest BCUT2D eigenvalue weighted by atomic mass is 79.9. The third-order valence-corrected chi connectivity index (χ3v) is 3.85. The second kappa shape index (κ2) is 6.08. The Morgan fingerprint density at radius 3 is 2.41 bits per heavy atom. The first kappa shape index (κ1) is 16.5. The first-order valence-corrected chi connectivity index (χ1v) is 7.70. The summed E-state index contributed by atoms with van der Waals surface area (Å²) in [5.41, 5.74) is 0.730. The van der Waals surface area contributed by atoms with Crippen LogP contribution in [0.5, 0.6) is 0 Å². The summed E-state index contributed by atoms with van der Waals surface area (Å²) < 4.78 is 6.00. The van der Waals surface area contributed by atoms with Gasteiger partial charge in [0.1, 0.15) is 5.60 Å². The van der Waals surface area contributed by atoms with Crippen molar-refractivity contribution in [2.75, 3.05) is 5.32 Å². The quantitative estimate of drug-likeness (QED) is 0.750. The minimum absolute atomic E-state index is 0.0222. The number of benzene rings is 2. The van der Waals surface area contributed by atoms with Gasteiger partial charge in [0, 0.05) is 10.0 Å². The van der Waals surface area contributed by atoms with Crippen molar-refractivity contribution in [2.24, 2.45) is 0 Å². The third kappa shape index (κ3) is 3.85. The summed E-state index contributed by atoms with van der Waals surface area (Å²) in [6, 6.07) is 9.10. The lowest BCUT2D eigenvalue weighted by molar-refractivity contribution is 0.0635. The molecule has 0 aromatic heterocycles. The van der Waals surface area contributed by atoms with Crippen molar-refractivity contribution < 1.29 is 14.3 Å². The van der Waals surface area contributed by atoms with Crippen molar-refractivity contribution in [3.05, 3.63) is 40.4 Å². The van der Waals surface area contributed by atoms with Crippen LogP contribution in [-0.4, -0.2) is 17.5 Å². The predicted octanol–water partition coefficient (Wildman–Crippen LogP) is 5.15. The summed E-state index contributed by atoms with van der Waals surface area (Å²) >= 11 is 3.50. The van der Waals surface area contributed by atoms with Crippen LogP contribution in [0.1, 0.15) is 38.1 Å². The highest BCUT2D eigenvalue weighted by molar-refractivity contribution is 9.10. The van der Waals surface area contributed by atoms with Gasteiger partial charge >= 0.3 is 6.09 Å². The van der Waals surface area contributed by atoms with Crippen LogP contribution in [0, 0.1) is 0 Å². The molecule has 0 aliphatic rings. The Labute approximate surface area is 138 Å². The fraction of sp³-hybridized carbons (Fsp3) is 0.294. The second-order valence-electron chi connectivity index (χ2n) is 6.05. The van der Waals surface area contributed by atoms with E-state index in [-0.39, 0.29) is 5.78 Å². The molecule has 2 aromatic rings. The number of fused-ring (bicyclic) bond motifs is 1. The van der Waals surface area contributed by atoms with E-state index in [1.807, 2.05) is 39.0 Å². The van der Waals surface area contributed by atoms with Gasteiger partial charge in [-0.05, 0) is 66.5 Å². The Bertz CT molecular complexity index is 747. The van der Waals surface area contributed by atoms with Crippen LogP contribution in [0.2, 0.25) is 0 Å². The molecule has 22 heavy (non-hydrogen) atoms. The van der Waals surface area contributed by atoms with Gasteiger partial charge in [-0.25, -0.2) is 4.79 Å². The normalized spacial score (nSPS) is 11.3. The van der Waals surface area contributed by atoms with E-state index in [9.17, 15) is 9.59 Å². The van der Waals surface area contributed by atoms with Crippen LogP contribution >= 0.6 is 15.9 Å². The Morgan fingerprint density at radius 1 is 1.14 bits per heavy atom. The molecule has 2 aromatic carbocycles. The van der Waals surface area contributed by atoms with Crippen molar-refractivity contribution >= 4 is 44.3 Å². The number of rotatable bonds is 2.